The Hall–Kier alpha value is -1.28. The highest BCUT2D eigenvalue weighted by Gasteiger charge is 2.14. The van der Waals surface area contributed by atoms with Gasteiger partial charge in [-0.3, -0.25) is 4.90 Å². The molecule has 0 bridgehead atoms. The summed E-state index contributed by atoms with van der Waals surface area (Å²) in [6.07, 6.45) is 0. The summed E-state index contributed by atoms with van der Waals surface area (Å²) in [4.78, 5) is 2.36. The molecule has 0 fully saturated rings. The molecular weight excluding hydrogens is 198 g/mol. The van der Waals surface area contributed by atoms with Crippen LogP contribution in [0.5, 0.6) is 5.75 Å². The standard InChI is InChI=1S/C14H21NO/c1-5-15(6-2)12(4)11(3)13-7-9-14(16)10-8-13/h7-10,12,16H,3,5-6H2,1-2,4H3. The van der Waals surface area contributed by atoms with Crippen molar-refractivity contribution in [2.75, 3.05) is 13.1 Å². The van der Waals surface area contributed by atoms with Gasteiger partial charge in [0.05, 0.1) is 0 Å². The minimum Gasteiger partial charge on any atom is -0.508 e. The predicted octanol–water partition coefficient (Wildman–Crippen LogP) is 3.14. The van der Waals surface area contributed by atoms with Gasteiger partial charge in [0.25, 0.3) is 0 Å². The molecule has 0 radical (unpaired) electrons. The zero-order valence-corrected chi connectivity index (χ0v) is 10.4. The van der Waals surface area contributed by atoms with Crippen LogP contribution in [0, 0.1) is 0 Å². The van der Waals surface area contributed by atoms with Crippen LogP contribution in [0.4, 0.5) is 0 Å². The summed E-state index contributed by atoms with van der Waals surface area (Å²) in [5.41, 5.74) is 2.20. The van der Waals surface area contributed by atoms with E-state index in [0.717, 1.165) is 24.2 Å². The molecule has 2 nitrogen and oxygen atoms in total. The van der Waals surface area contributed by atoms with Crippen molar-refractivity contribution >= 4 is 5.57 Å². The summed E-state index contributed by atoms with van der Waals surface area (Å²) < 4.78 is 0. The number of rotatable bonds is 5. The lowest BCUT2D eigenvalue weighted by atomic mass is 10.00. The van der Waals surface area contributed by atoms with Gasteiger partial charge < -0.3 is 5.11 Å². The van der Waals surface area contributed by atoms with E-state index >= 15 is 0 Å². The van der Waals surface area contributed by atoms with E-state index in [1.54, 1.807) is 12.1 Å². The Kier molecular flexibility index (Phi) is 4.56. The fourth-order valence-corrected chi connectivity index (χ4v) is 1.91. The summed E-state index contributed by atoms with van der Waals surface area (Å²) in [5, 5.41) is 9.24. The van der Waals surface area contributed by atoms with Crippen LogP contribution in [0.15, 0.2) is 30.8 Å². The van der Waals surface area contributed by atoms with Crippen LogP contribution in [-0.4, -0.2) is 29.1 Å². The highest BCUT2D eigenvalue weighted by Crippen LogP contribution is 2.22. The molecule has 1 rings (SSSR count). The number of phenols is 1. The quantitative estimate of drug-likeness (QED) is 0.822. The third-order valence-electron chi connectivity index (χ3n) is 3.10. The van der Waals surface area contributed by atoms with E-state index in [1.165, 1.54) is 0 Å². The van der Waals surface area contributed by atoms with Crippen LogP contribution in [0.2, 0.25) is 0 Å². The van der Waals surface area contributed by atoms with E-state index in [1.807, 2.05) is 12.1 Å². The molecule has 0 heterocycles. The predicted molar refractivity (Wildman–Crippen MR) is 69.5 cm³/mol. The topological polar surface area (TPSA) is 23.5 Å². The van der Waals surface area contributed by atoms with Crippen molar-refractivity contribution in [1.82, 2.24) is 4.90 Å². The molecule has 0 aliphatic carbocycles. The van der Waals surface area contributed by atoms with Gasteiger partial charge in [0.1, 0.15) is 5.75 Å². The average Bonchev–Trinajstić information content (AvgIpc) is 2.30. The lowest BCUT2D eigenvalue weighted by molar-refractivity contribution is 0.275. The molecule has 0 saturated carbocycles. The SMILES string of the molecule is C=C(c1ccc(O)cc1)C(C)N(CC)CC. The van der Waals surface area contributed by atoms with Gasteiger partial charge in [-0.05, 0) is 43.3 Å². The number of aromatic hydroxyl groups is 1. The molecule has 0 aliphatic heterocycles. The van der Waals surface area contributed by atoms with E-state index in [0.29, 0.717) is 11.8 Å². The molecule has 2 heteroatoms. The van der Waals surface area contributed by atoms with Gasteiger partial charge in [0, 0.05) is 6.04 Å². The second-order valence-electron chi connectivity index (χ2n) is 3.97. The Bertz CT molecular complexity index is 338. The Balaban J connectivity index is 2.81. The van der Waals surface area contributed by atoms with E-state index in [-0.39, 0.29) is 0 Å². The first-order chi connectivity index (χ1) is 7.60. The molecule has 88 valence electrons. The van der Waals surface area contributed by atoms with Gasteiger partial charge in [0.2, 0.25) is 0 Å². The van der Waals surface area contributed by atoms with E-state index in [2.05, 4.69) is 32.3 Å². The van der Waals surface area contributed by atoms with Crippen LogP contribution in [0.1, 0.15) is 26.3 Å². The normalized spacial score (nSPS) is 12.8. The molecule has 1 atom stereocenters. The Labute approximate surface area is 98.2 Å². The molecular formula is C14H21NO. The van der Waals surface area contributed by atoms with Crippen molar-refractivity contribution < 1.29 is 5.11 Å². The number of hydrogen-bond acceptors (Lipinski definition) is 2. The van der Waals surface area contributed by atoms with Crippen molar-refractivity contribution in [3.05, 3.63) is 36.4 Å². The Morgan fingerprint density at radius 2 is 1.75 bits per heavy atom. The van der Waals surface area contributed by atoms with E-state index in [4.69, 9.17) is 0 Å². The summed E-state index contributed by atoms with van der Waals surface area (Å²) in [5.74, 6) is 0.298. The molecule has 1 N–H and O–H groups in total. The van der Waals surface area contributed by atoms with Crippen molar-refractivity contribution in [2.24, 2.45) is 0 Å². The van der Waals surface area contributed by atoms with Gasteiger partial charge in [-0.2, -0.15) is 0 Å². The molecule has 1 aromatic carbocycles. The minimum absolute atomic E-state index is 0.298. The number of likely N-dealkylation sites (N-methyl/N-ethyl adjacent to an activating group) is 1. The van der Waals surface area contributed by atoms with Crippen LogP contribution in [0.25, 0.3) is 5.57 Å². The van der Waals surface area contributed by atoms with Crippen molar-refractivity contribution in [3.8, 4) is 5.75 Å². The maximum absolute atomic E-state index is 9.24. The highest BCUT2D eigenvalue weighted by molar-refractivity contribution is 5.67. The average molecular weight is 219 g/mol. The first-order valence-corrected chi connectivity index (χ1v) is 5.82. The van der Waals surface area contributed by atoms with Gasteiger partial charge >= 0.3 is 0 Å². The minimum atomic E-state index is 0.298. The fourth-order valence-electron chi connectivity index (χ4n) is 1.91. The lowest BCUT2D eigenvalue weighted by Crippen LogP contribution is -2.33. The third kappa shape index (κ3) is 2.86. The zero-order valence-electron chi connectivity index (χ0n) is 10.4. The van der Waals surface area contributed by atoms with Gasteiger partial charge in [0.15, 0.2) is 0 Å². The maximum atomic E-state index is 9.24. The van der Waals surface area contributed by atoms with Crippen LogP contribution in [0.3, 0.4) is 0 Å². The second-order valence-corrected chi connectivity index (χ2v) is 3.97. The summed E-state index contributed by atoms with van der Waals surface area (Å²) in [7, 11) is 0. The van der Waals surface area contributed by atoms with Crippen molar-refractivity contribution in [3.63, 3.8) is 0 Å². The number of phenolic OH excluding ortho intramolecular Hbond substituents is 1. The van der Waals surface area contributed by atoms with Gasteiger partial charge in [-0.15, -0.1) is 0 Å². The fraction of sp³-hybridized carbons (Fsp3) is 0.429. The second kappa shape index (κ2) is 5.71. The number of nitrogens with zero attached hydrogens (tertiary/aromatic N) is 1. The Morgan fingerprint density at radius 1 is 1.25 bits per heavy atom. The number of hydrogen-bond donors (Lipinski definition) is 1. The molecule has 0 amide bonds. The van der Waals surface area contributed by atoms with E-state index in [9.17, 15) is 5.11 Å². The highest BCUT2D eigenvalue weighted by atomic mass is 16.3. The van der Waals surface area contributed by atoms with E-state index < -0.39 is 0 Å². The Morgan fingerprint density at radius 3 is 2.19 bits per heavy atom. The molecule has 0 aromatic heterocycles. The van der Waals surface area contributed by atoms with Crippen LogP contribution >= 0.6 is 0 Å². The summed E-state index contributed by atoms with van der Waals surface area (Å²) in [6.45, 7) is 12.7. The summed E-state index contributed by atoms with van der Waals surface area (Å²) >= 11 is 0. The third-order valence-corrected chi connectivity index (χ3v) is 3.10. The molecule has 1 unspecified atom stereocenters. The molecule has 0 aliphatic rings. The monoisotopic (exact) mass is 219 g/mol. The molecule has 0 saturated heterocycles. The smallest absolute Gasteiger partial charge is 0.115 e. The summed E-state index contributed by atoms with van der Waals surface area (Å²) in [6, 6.07) is 7.57. The lowest BCUT2D eigenvalue weighted by Gasteiger charge is -2.28. The van der Waals surface area contributed by atoms with Crippen molar-refractivity contribution in [2.45, 2.75) is 26.8 Å². The molecule has 0 spiro atoms. The number of benzene rings is 1. The first kappa shape index (κ1) is 12.8. The first-order valence-electron chi connectivity index (χ1n) is 5.82. The molecule has 16 heavy (non-hydrogen) atoms. The van der Waals surface area contributed by atoms with Gasteiger partial charge in [-0.25, -0.2) is 0 Å². The van der Waals surface area contributed by atoms with Crippen LogP contribution in [-0.2, 0) is 0 Å². The van der Waals surface area contributed by atoms with Gasteiger partial charge in [-0.1, -0.05) is 32.6 Å². The zero-order chi connectivity index (χ0) is 12.1. The maximum Gasteiger partial charge on any atom is 0.115 e. The van der Waals surface area contributed by atoms with Crippen LogP contribution < -0.4 is 0 Å². The van der Waals surface area contributed by atoms with Crippen molar-refractivity contribution in [1.29, 1.82) is 0 Å². The molecule has 1 aromatic rings. The largest absolute Gasteiger partial charge is 0.508 e.